The predicted molar refractivity (Wildman–Crippen MR) is 111 cm³/mol. The summed E-state index contributed by atoms with van der Waals surface area (Å²) in [4.78, 5) is 6.66. The number of hydrogen-bond acceptors (Lipinski definition) is 3. The maximum absolute atomic E-state index is 5.48. The van der Waals surface area contributed by atoms with Crippen molar-refractivity contribution in [2.24, 2.45) is 10.7 Å². The van der Waals surface area contributed by atoms with Crippen molar-refractivity contribution in [1.82, 2.24) is 5.32 Å². The van der Waals surface area contributed by atoms with Crippen molar-refractivity contribution in [2.75, 3.05) is 18.0 Å². The molecule has 2 aromatic rings. The highest BCUT2D eigenvalue weighted by Gasteiger charge is 2.25. The molecular weight excluding hydrogens is 320 g/mol. The van der Waals surface area contributed by atoms with Crippen LogP contribution >= 0.6 is 0 Å². The Balaban J connectivity index is 1.87. The van der Waals surface area contributed by atoms with Crippen LogP contribution in [-0.4, -0.2) is 25.5 Å². The zero-order valence-corrected chi connectivity index (χ0v) is 15.5. The van der Waals surface area contributed by atoms with E-state index in [-0.39, 0.29) is 0 Å². The van der Waals surface area contributed by atoms with E-state index in [1.54, 1.807) is 0 Å². The molecule has 0 spiro atoms. The normalized spacial score (nSPS) is 17.1. The molecule has 1 aliphatic heterocycles. The summed E-state index contributed by atoms with van der Waals surface area (Å²) in [6.07, 6.45) is 3.46. The van der Waals surface area contributed by atoms with Crippen molar-refractivity contribution in [3.8, 4) is 0 Å². The van der Waals surface area contributed by atoms with Crippen molar-refractivity contribution in [1.29, 1.82) is 0 Å². The molecule has 0 aromatic heterocycles. The average Bonchev–Trinajstić information content (AvgIpc) is 2.81. The average molecular weight is 348 g/mol. The lowest BCUT2D eigenvalue weighted by Crippen LogP contribution is -2.42. The summed E-state index contributed by atoms with van der Waals surface area (Å²) in [5.74, 6) is 0. The summed E-state index contributed by atoms with van der Waals surface area (Å²) in [5, 5.41) is 3.62. The lowest BCUT2D eigenvalue weighted by molar-refractivity contribution is 0.526. The van der Waals surface area contributed by atoms with Crippen LogP contribution in [0.4, 0.5) is 5.69 Å². The first-order chi connectivity index (χ1) is 12.7. The number of nitrogens with zero attached hydrogens (tertiary/aromatic N) is 2. The smallest absolute Gasteiger partial charge is 0.0856 e. The number of rotatable bonds is 6. The molecule has 1 heterocycles. The minimum atomic E-state index is 0.377. The van der Waals surface area contributed by atoms with Gasteiger partial charge in [-0.05, 0) is 36.5 Å². The molecule has 0 radical (unpaired) electrons. The van der Waals surface area contributed by atoms with Crippen LogP contribution in [0.2, 0.25) is 0 Å². The third-order valence-electron chi connectivity index (χ3n) is 4.96. The van der Waals surface area contributed by atoms with Gasteiger partial charge >= 0.3 is 0 Å². The highest BCUT2D eigenvalue weighted by molar-refractivity contribution is 5.62. The van der Waals surface area contributed by atoms with Gasteiger partial charge in [-0.25, -0.2) is 4.99 Å². The van der Waals surface area contributed by atoms with Crippen LogP contribution < -0.4 is 16.0 Å². The molecular formula is C22H28N4. The second-order valence-corrected chi connectivity index (χ2v) is 6.86. The third kappa shape index (κ3) is 4.33. The number of aryl methyl sites for hydroxylation is 2. The fourth-order valence-electron chi connectivity index (χ4n) is 3.73. The first-order valence-corrected chi connectivity index (χ1v) is 9.21. The van der Waals surface area contributed by atoms with Gasteiger partial charge in [-0.2, -0.15) is 0 Å². The van der Waals surface area contributed by atoms with Gasteiger partial charge < -0.3 is 16.0 Å². The second-order valence-electron chi connectivity index (χ2n) is 6.86. The first-order valence-electron chi connectivity index (χ1n) is 9.21. The fourth-order valence-corrected chi connectivity index (χ4v) is 3.73. The van der Waals surface area contributed by atoms with Gasteiger partial charge in [-0.3, -0.25) is 0 Å². The van der Waals surface area contributed by atoms with E-state index in [1.165, 1.54) is 28.7 Å². The Hall–Kier alpha value is -2.59. The first kappa shape index (κ1) is 18.2. The van der Waals surface area contributed by atoms with E-state index in [4.69, 9.17) is 5.73 Å². The molecule has 2 aromatic carbocycles. The molecule has 136 valence electrons. The highest BCUT2D eigenvalue weighted by Crippen LogP contribution is 2.31. The third-order valence-corrected chi connectivity index (χ3v) is 4.96. The van der Waals surface area contributed by atoms with Crippen LogP contribution in [0.15, 0.2) is 65.8 Å². The fraction of sp³-hybridized carbons (Fsp3) is 0.318. The minimum Gasteiger partial charge on any atom is -0.390 e. The van der Waals surface area contributed by atoms with Crippen LogP contribution in [-0.2, 0) is 13.0 Å². The van der Waals surface area contributed by atoms with E-state index in [9.17, 15) is 0 Å². The van der Waals surface area contributed by atoms with E-state index in [2.05, 4.69) is 77.2 Å². The van der Waals surface area contributed by atoms with Gasteiger partial charge in [0.15, 0.2) is 0 Å². The number of benzene rings is 2. The van der Waals surface area contributed by atoms with Gasteiger partial charge in [-0.15, -0.1) is 0 Å². The molecule has 4 heteroatoms. The van der Waals surface area contributed by atoms with E-state index < -0.39 is 0 Å². The molecule has 0 saturated carbocycles. The standard InChI is InChI=1S/C22H28N4/c1-17-7-6-10-20-13-24-14-21(12-11-19-8-4-3-5-9-19)26(22(17)20)15-18(2)25-16-23/h3-10,16,21,24H,2,11-15H2,1H3,(H2,23,25). The summed E-state index contributed by atoms with van der Waals surface area (Å²) in [6, 6.07) is 17.6. The molecule has 0 fully saturated rings. The Labute approximate surface area is 156 Å². The number of nitrogens with one attached hydrogen (secondary N) is 1. The van der Waals surface area contributed by atoms with Gasteiger partial charge in [0.25, 0.3) is 0 Å². The molecule has 3 N–H and O–H groups in total. The van der Waals surface area contributed by atoms with Gasteiger partial charge in [0.1, 0.15) is 0 Å². The maximum atomic E-state index is 5.48. The number of aliphatic imine (C=N–C) groups is 1. The van der Waals surface area contributed by atoms with Gasteiger partial charge in [-0.1, -0.05) is 55.1 Å². The van der Waals surface area contributed by atoms with Crippen molar-refractivity contribution in [2.45, 2.75) is 32.4 Å². The van der Waals surface area contributed by atoms with Crippen LogP contribution in [0, 0.1) is 6.92 Å². The quantitative estimate of drug-likeness (QED) is 0.621. The van der Waals surface area contributed by atoms with Gasteiger partial charge in [0.2, 0.25) is 0 Å². The Morgan fingerprint density at radius 3 is 2.85 bits per heavy atom. The van der Waals surface area contributed by atoms with E-state index in [0.29, 0.717) is 12.6 Å². The summed E-state index contributed by atoms with van der Waals surface area (Å²) >= 11 is 0. The molecule has 1 unspecified atom stereocenters. The SMILES string of the molecule is C=C(CN1c2c(C)cccc2CNCC1CCc1ccccc1)N=CN. The van der Waals surface area contributed by atoms with Gasteiger partial charge in [0, 0.05) is 24.8 Å². The summed E-state index contributed by atoms with van der Waals surface area (Å²) in [6.45, 7) is 8.79. The minimum absolute atomic E-state index is 0.377. The number of fused-ring (bicyclic) bond motifs is 1. The Kier molecular flexibility index (Phi) is 6.08. The number of nitrogens with two attached hydrogens (primary N) is 1. The largest absolute Gasteiger partial charge is 0.390 e. The summed E-state index contributed by atoms with van der Waals surface area (Å²) in [5.41, 5.74) is 11.6. The van der Waals surface area contributed by atoms with E-state index >= 15 is 0 Å². The van der Waals surface area contributed by atoms with Crippen LogP contribution in [0.1, 0.15) is 23.1 Å². The van der Waals surface area contributed by atoms with E-state index in [1.807, 2.05) is 0 Å². The van der Waals surface area contributed by atoms with Crippen molar-refractivity contribution in [3.05, 3.63) is 77.5 Å². The predicted octanol–water partition coefficient (Wildman–Crippen LogP) is 3.41. The molecule has 3 rings (SSSR count). The number of hydrogen-bond donors (Lipinski definition) is 2. The molecule has 0 saturated heterocycles. The Bertz CT molecular complexity index is 767. The van der Waals surface area contributed by atoms with Crippen LogP contribution in [0.25, 0.3) is 0 Å². The van der Waals surface area contributed by atoms with E-state index in [0.717, 1.165) is 31.6 Å². The number of anilines is 1. The Morgan fingerprint density at radius 2 is 2.08 bits per heavy atom. The molecule has 26 heavy (non-hydrogen) atoms. The van der Waals surface area contributed by atoms with Crippen molar-refractivity contribution >= 4 is 12.0 Å². The number of para-hydroxylation sites is 1. The molecule has 0 bridgehead atoms. The molecule has 0 aliphatic carbocycles. The molecule has 1 atom stereocenters. The topological polar surface area (TPSA) is 53.6 Å². The molecule has 0 amide bonds. The summed E-state index contributed by atoms with van der Waals surface area (Å²) < 4.78 is 0. The van der Waals surface area contributed by atoms with Crippen molar-refractivity contribution in [3.63, 3.8) is 0 Å². The monoisotopic (exact) mass is 348 g/mol. The molecule has 4 nitrogen and oxygen atoms in total. The zero-order chi connectivity index (χ0) is 18.4. The summed E-state index contributed by atoms with van der Waals surface area (Å²) in [7, 11) is 0. The van der Waals surface area contributed by atoms with Crippen LogP contribution in [0.3, 0.4) is 0 Å². The second kappa shape index (κ2) is 8.68. The van der Waals surface area contributed by atoms with Crippen LogP contribution in [0.5, 0.6) is 0 Å². The lowest BCUT2D eigenvalue weighted by Gasteiger charge is -2.34. The Morgan fingerprint density at radius 1 is 1.27 bits per heavy atom. The molecule has 1 aliphatic rings. The van der Waals surface area contributed by atoms with Crippen molar-refractivity contribution < 1.29 is 0 Å². The zero-order valence-electron chi connectivity index (χ0n) is 15.5. The van der Waals surface area contributed by atoms with Gasteiger partial charge in [0.05, 0.1) is 18.6 Å². The lowest BCUT2D eigenvalue weighted by atomic mass is 10.0. The maximum Gasteiger partial charge on any atom is 0.0856 e. The highest BCUT2D eigenvalue weighted by atomic mass is 15.2.